The van der Waals surface area contributed by atoms with Gasteiger partial charge in [0.1, 0.15) is 16.8 Å². The van der Waals surface area contributed by atoms with Gasteiger partial charge in [0, 0.05) is 12.1 Å². The molecule has 0 amide bonds. The molecule has 108 valence electrons. The van der Waals surface area contributed by atoms with E-state index in [2.05, 4.69) is 0 Å². The highest BCUT2D eigenvalue weighted by molar-refractivity contribution is 7.92. The van der Waals surface area contributed by atoms with Gasteiger partial charge in [0.2, 0.25) is 0 Å². The van der Waals surface area contributed by atoms with Crippen LogP contribution >= 0.6 is 0 Å². The summed E-state index contributed by atoms with van der Waals surface area (Å²) in [5.41, 5.74) is -1.05. The van der Waals surface area contributed by atoms with Crippen LogP contribution in [-0.4, -0.2) is 8.42 Å². The maximum atomic E-state index is 13.5. The van der Waals surface area contributed by atoms with Crippen LogP contribution in [0, 0.1) is 28.8 Å². The first kappa shape index (κ1) is 14.9. The molecule has 2 rings (SSSR count). The zero-order valence-electron chi connectivity index (χ0n) is 10.3. The van der Waals surface area contributed by atoms with Gasteiger partial charge in [0.15, 0.2) is 11.6 Å². The number of sulfonamides is 1. The summed E-state index contributed by atoms with van der Waals surface area (Å²) in [7, 11) is -4.36. The van der Waals surface area contributed by atoms with Gasteiger partial charge >= 0.3 is 0 Å². The van der Waals surface area contributed by atoms with E-state index in [-0.39, 0.29) is 11.6 Å². The zero-order chi connectivity index (χ0) is 15.6. The number of halogens is 3. The number of nitrogens with zero attached hydrogens (tertiary/aromatic N) is 1. The Kier molecular flexibility index (Phi) is 3.86. The Morgan fingerprint density at radius 3 is 2.43 bits per heavy atom. The second-order valence-electron chi connectivity index (χ2n) is 3.96. The van der Waals surface area contributed by atoms with E-state index in [9.17, 15) is 21.6 Å². The van der Waals surface area contributed by atoms with Gasteiger partial charge in [-0.2, -0.15) is 5.26 Å². The average Bonchev–Trinajstić information content (AvgIpc) is 2.44. The van der Waals surface area contributed by atoms with Crippen LogP contribution in [0.2, 0.25) is 0 Å². The van der Waals surface area contributed by atoms with E-state index in [0.29, 0.717) is 6.07 Å². The Labute approximate surface area is 118 Å². The van der Waals surface area contributed by atoms with Crippen molar-refractivity contribution in [3.05, 3.63) is 59.4 Å². The molecule has 21 heavy (non-hydrogen) atoms. The summed E-state index contributed by atoms with van der Waals surface area (Å²) in [4.78, 5) is -0.420. The molecule has 0 aliphatic carbocycles. The standard InChI is InChI=1S/C13H7F3N2O2S/c14-9-5-10(15)13(16)11(6-9)18-21(19,20)12-4-2-1-3-8(12)7-17/h1-6,18H. The van der Waals surface area contributed by atoms with Crippen LogP contribution in [0.4, 0.5) is 18.9 Å². The van der Waals surface area contributed by atoms with Crippen molar-refractivity contribution >= 4 is 15.7 Å². The molecule has 0 aromatic heterocycles. The maximum absolute atomic E-state index is 13.5. The highest BCUT2D eigenvalue weighted by atomic mass is 32.2. The van der Waals surface area contributed by atoms with E-state index in [1.807, 2.05) is 0 Å². The Morgan fingerprint density at radius 1 is 1.10 bits per heavy atom. The minimum atomic E-state index is -4.36. The normalized spacial score (nSPS) is 11.0. The fourth-order valence-corrected chi connectivity index (χ4v) is 2.83. The number of nitriles is 1. The van der Waals surface area contributed by atoms with Crippen LogP contribution in [0.25, 0.3) is 0 Å². The third kappa shape index (κ3) is 2.98. The Hall–Kier alpha value is -2.53. The summed E-state index contributed by atoms with van der Waals surface area (Å²) in [6, 6.07) is 7.63. The van der Waals surface area contributed by atoms with Crippen LogP contribution in [0.3, 0.4) is 0 Å². The lowest BCUT2D eigenvalue weighted by molar-refractivity contribution is 0.498. The number of rotatable bonds is 3. The first-order valence-electron chi connectivity index (χ1n) is 5.51. The second kappa shape index (κ2) is 5.46. The average molecular weight is 312 g/mol. The summed E-state index contributed by atoms with van der Waals surface area (Å²) < 4.78 is 65.5. The lowest BCUT2D eigenvalue weighted by atomic mass is 10.2. The van der Waals surface area contributed by atoms with Crippen LogP contribution in [0.1, 0.15) is 5.56 Å². The number of hydrogen-bond donors (Lipinski definition) is 1. The summed E-state index contributed by atoms with van der Waals surface area (Å²) >= 11 is 0. The van der Waals surface area contributed by atoms with Crippen LogP contribution in [0.15, 0.2) is 41.3 Å². The number of hydrogen-bond acceptors (Lipinski definition) is 3. The van der Waals surface area contributed by atoms with E-state index in [1.165, 1.54) is 18.2 Å². The Bertz CT molecular complexity index is 845. The molecule has 4 nitrogen and oxygen atoms in total. The largest absolute Gasteiger partial charge is 0.276 e. The number of nitrogens with one attached hydrogen (secondary N) is 1. The molecule has 0 heterocycles. The lowest BCUT2D eigenvalue weighted by Crippen LogP contribution is -2.16. The summed E-state index contributed by atoms with van der Waals surface area (Å²) in [5.74, 6) is -4.20. The monoisotopic (exact) mass is 312 g/mol. The van der Waals surface area contributed by atoms with Crippen molar-refractivity contribution in [3.8, 4) is 6.07 Å². The van der Waals surface area contributed by atoms with E-state index in [1.54, 1.807) is 10.8 Å². The molecular weight excluding hydrogens is 305 g/mol. The fraction of sp³-hybridized carbons (Fsp3) is 0. The predicted octanol–water partition coefficient (Wildman–Crippen LogP) is 2.78. The lowest BCUT2D eigenvalue weighted by Gasteiger charge is -2.10. The minimum Gasteiger partial charge on any atom is -0.276 e. The van der Waals surface area contributed by atoms with E-state index >= 15 is 0 Å². The Balaban J connectivity index is 2.51. The van der Waals surface area contributed by atoms with E-state index in [4.69, 9.17) is 5.26 Å². The SMILES string of the molecule is N#Cc1ccccc1S(=O)(=O)Nc1cc(F)cc(F)c1F. The summed E-state index contributed by atoms with van der Waals surface area (Å²) in [5, 5.41) is 8.85. The molecule has 0 fully saturated rings. The molecule has 0 saturated carbocycles. The molecule has 0 aliphatic heterocycles. The maximum Gasteiger partial charge on any atom is 0.263 e. The van der Waals surface area contributed by atoms with Crippen molar-refractivity contribution in [2.24, 2.45) is 0 Å². The molecule has 2 aromatic carbocycles. The molecule has 8 heteroatoms. The predicted molar refractivity (Wildman–Crippen MR) is 68.3 cm³/mol. The Morgan fingerprint density at radius 2 is 1.76 bits per heavy atom. The van der Waals surface area contributed by atoms with Gasteiger partial charge in [-0.15, -0.1) is 0 Å². The molecule has 0 radical (unpaired) electrons. The van der Waals surface area contributed by atoms with Crippen LogP contribution in [-0.2, 0) is 10.0 Å². The first-order valence-corrected chi connectivity index (χ1v) is 7.00. The van der Waals surface area contributed by atoms with Crippen molar-refractivity contribution in [1.82, 2.24) is 0 Å². The van der Waals surface area contributed by atoms with Crippen LogP contribution < -0.4 is 4.72 Å². The fourth-order valence-electron chi connectivity index (χ4n) is 1.62. The molecule has 0 aliphatic rings. The smallest absolute Gasteiger partial charge is 0.263 e. The molecule has 0 atom stereocenters. The highest BCUT2D eigenvalue weighted by Crippen LogP contribution is 2.23. The molecule has 0 unspecified atom stereocenters. The van der Waals surface area contributed by atoms with Crippen molar-refractivity contribution in [2.45, 2.75) is 4.90 Å². The van der Waals surface area contributed by atoms with Crippen molar-refractivity contribution < 1.29 is 21.6 Å². The van der Waals surface area contributed by atoms with Crippen molar-refractivity contribution in [2.75, 3.05) is 4.72 Å². The zero-order valence-corrected chi connectivity index (χ0v) is 11.1. The topological polar surface area (TPSA) is 70.0 Å². The minimum absolute atomic E-state index is 0.178. The third-order valence-electron chi connectivity index (χ3n) is 2.53. The molecule has 2 aromatic rings. The molecular formula is C13H7F3N2O2S. The molecule has 1 N–H and O–H groups in total. The van der Waals surface area contributed by atoms with Gasteiger partial charge < -0.3 is 0 Å². The van der Waals surface area contributed by atoms with E-state index in [0.717, 1.165) is 6.07 Å². The van der Waals surface area contributed by atoms with E-state index < -0.39 is 38.1 Å². The number of benzene rings is 2. The highest BCUT2D eigenvalue weighted by Gasteiger charge is 2.21. The van der Waals surface area contributed by atoms with Crippen LogP contribution in [0.5, 0.6) is 0 Å². The first-order chi connectivity index (χ1) is 9.85. The van der Waals surface area contributed by atoms with Gasteiger partial charge in [-0.05, 0) is 12.1 Å². The number of anilines is 1. The molecule has 0 spiro atoms. The molecule has 0 saturated heterocycles. The molecule has 0 bridgehead atoms. The summed E-state index contributed by atoms with van der Waals surface area (Å²) in [6.45, 7) is 0. The third-order valence-corrected chi connectivity index (χ3v) is 3.96. The van der Waals surface area contributed by atoms with Crippen molar-refractivity contribution in [3.63, 3.8) is 0 Å². The van der Waals surface area contributed by atoms with Gasteiger partial charge in [-0.1, -0.05) is 12.1 Å². The summed E-state index contributed by atoms with van der Waals surface area (Å²) in [6.07, 6.45) is 0. The quantitative estimate of drug-likeness (QED) is 0.886. The van der Waals surface area contributed by atoms with Gasteiger partial charge in [0.25, 0.3) is 10.0 Å². The van der Waals surface area contributed by atoms with Gasteiger partial charge in [-0.3, -0.25) is 4.72 Å². The van der Waals surface area contributed by atoms with Crippen molar-refractivity contribution in [1.29, 1.82) is 5.26 Å². The van der Waals surface area contributed by atoms with Gasteiger partial charge in [0.05, 0.1) is 11.3 Å². The van der Waals surface area contributed by atoms with Gasteiger partial charge in [-0.25, -0.2) is 21.6 Å². The second-order valence-corrected chi connectivity index (χ2v) is 5.61.